The van der Waals surface area contributed by atoms with Gasteiger partial charge in [0.15, 0.2) is 0 Å². The number of nitrogens with zero attached hydrogens (tertiary/aromatic N) is 2. The van der Waals surface area contributed by atoms with Crippen molar-refractivity contribution in [2.24, 2.45) is 11.8 Å². The Kier molecular flexibility index (Phi) is 3.42. The van der Waals surface area contributed by atoms with Crippen LogP contribution in [0, 0.1) is 11.8 Å². The van der Waals surface area contributed by atoms with E-state index >= 15 is 0 Å². The van der Waals surface area contributed by atoms with E-state index in [2.05, 4.69) is 22.5 Å². The van der Waals surface area contributed by atoms with E-state index in [1.54, 1.807) is 18.3 Å². The standard InChI is InChI=1S/C14H16ClN3O/c15-13-6-5-12(7-16-13)17-14(19)18-8-10-3-1-2-4-11(10)9-18/h1-2,5-7,10-11H,3-4,8-9H2,(H,17,19)/t10-,11+. The van der Waals surface area contributed by atoms with Gasteiger partial charge in [0.1, 0.15) is 5.15 Å². The van der Waals surface area contributed by atoms with E-state index in [-0.39, 0.29) is 6.03 Å². The van der Waals surface area contributed by atoms with Crippen molar-refractivity contribution in [3.05, 3.63) is 35.6 Å². The Morgan fingerprint density at radius 2 is 1.95 bits per heavy atom. The lowest BCUT2D eigenvalue weighted by Gasteiger charge is -2.17. The quantitative estimate of drug-likeness (QED) is 0.633. The minimum absolute atomic E-state index is 0.0430. The number of carbonyl (C=O) groups excluding carboxylic acids is 1. The molecule has 5 heteroatoms. The van der Waals surface area contributed by atoms with Crippen LogP contribution in [-0.2, 0) is 0 Å². The lowest BCUT2D eigenvalue weighted by atomic mass is 9.86. The van der Waals surface area contributed by atoms with Crippen LogP contribution in [0.1, 0.15) is 12.8 Å². The first kappa shape index (κ1) is 12.5. The van der Waals surface area contributed by atoms with Gasteiger partial charge in [-0.3, -0.25) is 0 Å². The number of rotatable bonds is 1. The van der Waals surface area contributed by atoms with Crippen LogP contribution in [0.5, 0.6) is 0 Å². The molecule has 1 fully saturated rings. The zero-order valence-electron chi connectivity index (χ0n) is 10.6. The van der Waals surface area contributed by atoms with Gasteiger partial charge in [-0.2, -0.15) is 0 Å². The first-order valence-corrected chi connectivity index (χ1v) is 6.92. The van der Waals surface area contributed by atoms with Crippen molar-refractivity contribution >= 4 is 23.3 Å². The number of likely N-dealkylation sites (tertiary alicyclic amines) is 1. The molecule has 0 bridgehead atoms. The van der Waals surface area contributed by atoms with Crippen LogP contribution in [0.3, 0.4) is 0 Å². The average molecular weight is 278 g/mol. The molecule has 1 aliphatic heterocycles. The Bertz CT molecular complexity index is 484. The Hall–Kier alpha value is -1.55. The zero-order chi connectivity index (χ0) is 13.2. The molecule has 1 N–H and O–H groups in total. The molecule has 2 atom stereocenters. The monoisotopic (exact) mass is 277 g/mol. The van der Waals surface area contributed by atoms with Gasteiger partial charge in [-0.1, -0.05) is 23.8 Å². The summed E-state index contributed by atoms with van der Waals surface area (Å²) >= 11 is 5.72. The van der Waals surface area contributed by atoms with Crippen molar-refractivity contribution in [1.29, 1.82) is 0 Å². The highest BCUT2D eigenvalue weighted by Crippen LogP contribution is 2.32. The summed E-state index contributed by atoms with van der Waals surface area (Å²) < 4.78 is 0. The minimum atomic E-state index is -0.0430. The summed E-state index contributed by atoms with van der Waals surface area (Å²) in [6, 6.07) is 3.39. The highest BCUT2D eigenvalue weighted by molar-refractivity contribution is 6.29. The van der Waals surface area contributed by atoms with Gasteiger partial charge in [0.25, 0.3) is 0 Å². The fourth-order valence-corrected chi connectivity index (χ4v) is 2.94. The molecule has 2 amide bonds. The molecule has 1 aliphatic carbocycles. The number of aromatic nitrogens is 1. The summed E-state index contributed by atoms with van der Waals surface area (Å²) in [7, 11) is 0. The summed E-state index contributed by atoms with van der Waals surface area (Å²) in [5.41, 5.74) is 0.683. The van der Waals surface area contributed by atoms with Gasteiger partial charge < -0.3 is 10.2 Å². The first-order valence-electron chi connectivity index (χ1n) is 6.55. The number of nitrogens with one attached hydrogen (secondary N) is 1. The molecule has 1 aromatic rings. The number of pyridine rings is 1. The van der Waals surface area contributed by atoms with Crippen molar-refractivity contribution in [1.82, 2.24) is 9.88 Å². The molecule has 0 spiro atoms. The van der Waals surface area contributed by atoms with Crippen LogP contribution in [0.4, 0.5) is 10.5 Å². The van der Waals surface area contributed by atoms with Crippen LogP contribution < -0.4 is 5.32 Å². The molecule has 0 radical (unpaired) electrons. The normalized spacial score (nSPS) is 25.2. The molecule has 0 unspecified atom stereocenters. The molecule has 1 saturated heterocycles. The first-order chi connectivity index (χ1) is 9.22. The van der Waals surface area contributed by atoms with Crippen LogP contribution in [-0.4, -0.2) is 29.0 Å². The van der Waals surface area contributed by atoms with Gasteiger partial charge in [0, 0.05) is 13.1 Å². The predicted molar refractivity (Wildman–Crippen MR) is 75.2 cm³/mol. The molecule has 1 aromatic heterocycles. The highest BCUT2D eigenvalue weighted by Gasteiger charge is 2.35. The summed E-state index contributed by atoms with van der Waals surface area (Å²) in [5.74, 6) is 1.25. The van der Waals surface area contributed by atoms with E-state index < -0.39 is 0 Å². The predicted octanol–water partition coefficient (Wildman–Crippen LogP) is 3.16. The summed E-state index contributed by atoms with van der Waals surface area (Å²) in [5, 5.41) is 3.29. The van der Waals surface area contributed by atoms with Gasteiger partial charge in [0.05, 0.1) is 11.9 Å². The van der Waals surface area contributed by atoms with E-state index in [0.717, 1.165) is 25.9 Å². The number of halogens is 1. The molecule has 2 heterocycles. The van der Waals surface area contributed by atoms with E-state index in [1.165, 1.54) is 0 Å². The second-order valence-corrected chi connectivity index (χ2v) is 5.55. The second kappa shape index (κ2) is 5.21. The maximum atomic E-state index is 12.2. The molecule has 100 valence electrons. The molecule has 2 aliphatic rings. The van der Waals surface area contributed by atoms with E-state index in [9.17, 15) is 4.79 Å². The third kappa shape index (κ3) is 2.73. The number of carbonyl (C=O) groups is 1. The Balaban J connectivity index is 1.61. The second-order valence-electron chi connectivity index (χ2n) is 5.17. The highest BCUT2D eigenvalue weighted by atomic mass is 35.5. The molecular weight excluding hydrogens is 262 g/mol. The van der Waals surface area contributed by atoms with Crippen molar-refractivity contribution in [2.75, 3.05) is 18.4 Å². The largest absolute Gasteiger partial charge is 0.324 e. The molecule has 0 aromatic carbocycles. The maximum Gasteiger partial charge on any atom is 0.321 e. The van der Waals surface area contributed by atoms with E-state index in [1.807, 2.05) is 4.90 Å². The molecule has 19 heavy (non-hydrogen) atoms. The van der Waals surface area contributed by atoms with Gasteiger partial charge in [0.2, 0.25) is 0 Å². The minimum Gasteiger partial charge on any atom is -0.324 e. The van der Waals surface area contributed by atoms with Crippen LogP contribution in [0.25, 0.3) is 0 Å². The van der Waals surface area contributed by atoms with Crippen LogP contribution in [0.15, 0.2) is 30.5 Å². The maximum absolute atomic E-state index is 12.2. The van der Waals surface area contributed by atoms with E-state index in [4.69, 9.17) is 11.6 Å². The zero-order valence-corrected chi connectivity index (χ0v) is 11.3. The fourth-order valence-electron chi connectivity index (χ4n) is 2.83. The Labute approximate surface area is 117 Å². The van der Waals surface area contributed by atoms with Crippen LogP contribution >= 0.6 is 11.6 Å². The average Bonchev–Trinajstić information content (AvgIpc) is 2.85. The van der Waals surface area contributed by atoms with Gasteiger partial charge in [-0.05, 0) is 36.8 Å². The summed E-state index contributed by atoms with van der Waals surface area (Å²) in [6.45, 7) is 1.70. The van der Waals surface area contributed by atoms with Crippen molar-refractivity contribution in [2.45, 2.75) is 12.8 Å². The smallest absolute Gasteiger partial charge is 0.321 e. The number of hydrogen-bond donors (Lipinski definition) is 1. The lowest BCUT2D eigenvalue weighted by Crippen LogP contribution is -2.33. The SMILES string of the molecule is O=C(Nc1ccc(Cl)nc1)N1C[C@H]2CC=CC[C@H]2C1. The van der Waals surface area contributed by atoms with Gasteiger partial charge in [-0.15, -0.1) is 0 Å². The third-order valence-electron chi connectivity index (χ3n) is 3.89. The molecule has 3 rings (SSSR count). The van der Waals surface area contributed by atoms with Crippen molar-refractivity contribution < 1.29 is 4.79 Å². The molecule has 4 nitrogen and oxygen atoms in total. The number of urea groups is 1. The van der Waals surface area contributed by atoms with Gasteiger partial charge >= 0.3 is 6.03 Å². The van der Waals surface area contributed by atoms with Gasteiger partial charge in [-0.25, -0.2) is 9.78 Å². The van der Waals surface area contributed by atoms with E-state index in [0.29, 0.717) is 22.7 Å². The molecular formula is C14H16ClN3O. The van der Waals surface area contributed by atoms with Crippen LogP contribution in [0.2, 0.25) is 5.15 Å². The number of anilines is 1. The summed E-state index contributed by atoms with van der Waals surface area (Å²) in [4.78, 5) is 18.0. The fraction of sp³-hybridized carbons (Fsp3) is 0.429. The van der Waals surface area contributed by atoms with Crippen molar-refractivity contribution in [3.63, 3.8) is 0 Å². The number of allylic oxidation sites excluding steroid dienone is 2. The number of amides is 2. The Morgan fingerprint density at radius 3 is 2.53 bits per heavy atom. The number of hydrogen-bond acceptors (Lipinski definition) is 2. The third-order valence-corrected chi connectivity index (χ3v) is 4.11. The van der Waals surface area contributed by atoms with Crippen molar-refractivity contribution in [3.8, 4) is 0 Å². The number of fused-ring (bicyclic) bond motifs is 1. The summed E-state index contributed by atoms with van der Waals surface area (Å²) in [6.07, 6.45) is 8.22. The lowest BCUT2D eigenvalue weighted by molar-refractivity contribution is 0.220. The topological polar surface area (TPSA) is 45.2 Å². The molecule has 0 saturated carbocycles. The Morgan fingerprint density at radius 1 is 1.26 bits per heavy atom.